The molecule has 0 fully saturated rings. The van der Waals surface area contributed by atoms with Crippen LogP contribution in [0.5, 0.6) is 0 Å². The van der Waals surface area contributed by atoms with Crippen LogP contribution in [0.3, 0.4) is 0 Å². The molecule has 1 heterocycles. The summed E-state index contributed by atoms with van der Waals surface area (Å²) in [5, 5.41) is 0.389. The number of fused-ring (bicyclic) bond motifs is 1. The van der Waals surface area contributed by atoms with Crippen LogP contribution in [0.25, 0.3) is 22.3 Å². The number of halogens is 1. The molecule has 1 N–H and O–H groups in total. The summed E-state index contributed by atoms with van der Waals surface area (Å²) in [4.78, 5) is 18.8. The minimum absolute atomic E-state index is 0.209. The second-order valence-electron chi connectivity index (χ2n) is 4.17. The minimum atomic E-state index is -0.430. The summed E-state index contributed by atoms with van der Waals surface area (Å²) in [5.41, 5.74) is 0.892. The number of nitrogens with one attached hydrogen (secondary N) is 1. The van der Waals surface area contributed by atoms with E-state index in [4.69, 9.17) is 7.85 Å². The lowest BCUT2D eigenvalue weighted by Gasteiger charge is -2.04. The van der Waals surface area contributed by atoms with E-state index in [1.807, 2.05) is 0 Å². The second-order valence-corrected chi connectivity index (χ2v) is 4.17. The molecule has 2 radical (unpaired) electrons. The normalized spacial score (nSPS) is 10.8. The number of nitrogens with zero attached hydrogens (tertiary/aromatic N) is 1. The van der Waals surface area contributed by atoms with E-state index in [2.05, 4.69) is 9.97 Å². The fraction of sp³-hybridized carbons (Fsp3) is 0. The highest BCUT2D eigenvalue weighted by molar-refractivity contribution is 6.33. The van der Waals surface area contributed by atoms with E-state index in [1.165, 1.54) is 6.07 Å². The lowest BCUT2D eigenvalue weighted by Crippen LogP contribution is -2.13. The predicted octanol–water partition coefficient (Wildman–Crippen LogP) is 1.52. The highest BCUT2D eigenvalue weighted by Gasteiger charge is 2.09. The maximum absolute atomic E-state index is 13.7. The van der Waals surface area contributed by atoms with Crippen LogP contribution < -0.4 is 11.0 Å². The predicted molar refractivity (Wildman–Crippen MR) is 73.1 cm³/mol. The molecule has 19 heavy (non-hydrogen) atoms. The zero-order valence-electron chi connectivity index (χ0n) is 9.85. The summed E-state index contributed by atoms with van der Waals surface area (Å²) in [5.74, 6) is -0.221. The van der Waals surface area contributed by atoms with Gasteiger partial charge in [-0.2, -0.15) is 0 Å². The summed E-state index contributed by atoms with van der Waals surface area (Å²) in [7, 11) is 5.63. The molecule has 0 aliphatic rings. The first-order valence-corrected chi connectivity index (χ1v) is 5.69. The number of hydrogen-bond donors (Lipinski definition) is 1. The van der Waals surface area contributed by atoms with Crippen molar-refractivity contribution < 1.29 is 4.39 Å². The topological polar surface area (TPSA) is 45.8 Å². The molecule has 3 nitrogen and oxygen atoms in total. The largest absolute Gasteiger partial charge is 0.306 e. The number of aromatic nitrogens is 2. The molecule has 1 aromatic heterocycles. The summed E-state index contributed by atoms with van der Waals surface area (Å²) < 4.78 is 13.7. The molecule has 0 spiro atoms. The molecule has 0 atom stereocenters. The van der Waals surface area contributed by atoms with Crippen molar-refractivity contribution >= 4 is 24.2 Å². The Labute approximate surface area is 109 Å². The monoisotopic (exact) mass is 250 g/mol. The van der Waals surface area contributed by atoms with Gasteiger partial charge in [0.15, 0.2) is 0 Å². The van der Waals surface area contributed by atoms with Crippen LogP contribution in [0, 0.1) is 5.82 Å². The van der Waals surface area contributed by atoms with Gasteiger partial charge in [-0.05, 0) is 18.2 Å². The van der Waals surface area contributed by atoms with E-state index >= 15 is 0 Å². The Bertz CT molecular complexity index is 829. The van der Waals surface area contributed by atoms with E-state index in [9.17, 15) is 9.18 Å². The molecule has 2 aromatic carbocycles. The Morgan fingerprint density at radius 3 is 2.74 bits per heavy atom. The summed E-state index contributed by atoms with van der Waals surface area (Å²) in [6, 6.07) is 11.0. The number of hydrogen-bond acceptors (Lipinski definition) is 2. The Morgan fingerprint density at radius 2 is 1.95 bits per heavy atom. The van der Waals surface area contributed by atoms with Gasteiger partial charge in [0, 0.05) is 0 Å². The first kappa shape index (κ1) is 11.7. The third-order valence-electron chi connectivity index (χ3n) is 2.86. The molecular weight excluding hydrogens is 242 g/mol. The molecule has 0 saturated carbocycles. The van der Waals surface area contributed by atoms with Gasteiger partial charge in [0.1, 0.15) is 19.5 Å². The Balaban J connectivity index is 2.31. The van der Waals surface area contributed by atoms with E-state index in [0.717, 1.165) is 0 Å². The van der Waals surface area contributed by atoms with Crippen LogP contribution in [0.4, 0.5) is 4.39 Å². The van der Waals surface area contributed by atoms with Gasteiger partial charge in [0.25, 0.3) is 5.56 Å². The second kappa shape index (κ2) is 4.35. The molecule has 3 rings (SSSR count). The number of benzene rings is 2. The fourth-order valence-electron chi connectivity index (χ4n) is 1.94. The van der Waals surface area contributed by atoms with Gasteiger partial charge in [0.2, 0.25) is 0 Å². The number of aromatic amines is 1. The summed E-state index contributed by atoms with van der Waals surface area (Å²) in [6.45, 7) is 0. The first-order chi connectivity index (χ1) is 9.15. The third-order valence-corrected chi connectivity index (χ3v) is 2.86. The highest BCUT2D eigenvalue weighted by atomic mass is 19.1. The van der Waals surface area contributed by atoms with Crippen molar-refractivity contribution in [3.8, 4) is 11.4 Å². The van der Waals surface area contributed by atoms with Crippen molar-refractivity contribution in [2.75, 3.05) is 0 Å². The molecule has 5 heteroatoms. The molecule has 3 aromatic rings. The molecule has 0 amide bonds. The van der Waals surface area contributed by atoms with Crippen molar-refractivity contribution in [1.82, 2.24) is 9.97 Å². The Kier molecular flexibility index (Phi) is 2.67. The fourth-order valence-corrected chi connectivity index (χ4v) is 1.94. The van der Waals surface area contributed by atoms with Crippen molar-refractivity contribution in [2.45, 2.75) is 0 Å². The Hall–Kier alpha value is -2.43. The van der Waals surface area contributed by atoms with Crippen molar-refractivity contribution in [3.05, 3.63) is 58.6 Å². The standard InChI is InChI=1S/C14H8BFN2O/c15-8-5-6-12-10(7-8)14(19)18-13(17-12)9-3-1-2-4-11(9)16/h1-7H,(H,17,18,19). The van der Waals surface area contributed by atoms with E-state index in [1.54, 1.807) is 36.4 Å². The maximum Gasteiger partial charge on any atom is 0.259 e. The van der Waals surface area contributed by atoms with Crippen LogP contribution in [-0.4, -0.2) is 17.8 Å². The summed E-state index contributed by atoms with van der Waals surface area (Å²) in [6.07, 6.45) is 0. The average Bonchev–Trinajstić information content (AvgIpc) is 2.40. The molecule has 90 valence electrons. The smallest absolute Gasteiger partial charge is 0.259 e. The van der Waals surface area contributed by atoms with Gasteiger partial charge in [0.05, 0.1) is 16.5 Å². The zero-order valence-corrected chi connectivity index (χ0v) is 9.85. The van der Waals surface area contributed by atoms with E-state index < -0.39 is 5.82 Å². The molecule has 0 aliphatic carbocycles. The van der Waals surface area contributed by atoms with E-state index in [-0.39, 0.29) is 16.9 Å². The van der Waals surface area contributed by atoms with Gasteiger partial charge in [-0.3, -0.25) is 4.79 Å². The molecule has 0 bridgehead atoms. The quantitative estimate of drug-likeness (QED) is 0.665. The average molecular weight is 250 g/mol. The van der Waals surface area contributed by atoms with Gasteiger partial charge < -0.3 is 4.98 Å². The van der Waals surface area contributed by atoms with Gasteiger partial charge >= 0.3 is 0 Å². The minimum Gasteiger partial charge on any atom is -0.306 e. The maximum atomic E-state index is 13.7. The zero-order chi connectivity index (χ0) is 13.4. The van der Waals surface area contributed by atoms with Crippen LogP contribution in [0.15, 0.2) is 47.3 Å². The van der Waals surface area contributed by atoms with E-state index in [0.29, 0.717) is 16.4 Å². The van der Waals surface area contributed by atoms with Crippen LogP contribution in [0.2, 0.25) is 0 Å². The van der Waals surface area contributed by atoms with Gasteiger partial charge in [-0.15, -0.1) is 0 Å². The van der Waals surface area contributed by atoms with Crippen LogP contribution >= 0.6 is 0 Å². The SMILES string of the molecule is [B]c1ccc2nc(-c3ccccc3F)[nH]c(=O)c2c1. The molecule has 0 unspecified atom stereocenters. The number of rotatable bonds is 1. The van der Waals surface area contributed by atoms with Crippen molar-refractivity contribution in [2.24, 2.45) is 0 Å². The van der Waals surface area contributed by atoms with Gasteiger partial charge in [-0.25, -0.2) is 9.37 Å². The van der Waals surface area contributed by atoms with Crippen LogP contribution in [0.1, 0.15) is 0 Å². The van der Waals surface area contributed by atoms with Crippen molar-refractivity contribution in [3.63, 3.8) is 0 Å². The van der Waals surface area contributed by atoms with Gasteiger partial charge in [-0.1, -0.05) is 29.7 Å². The first-order valence-electron chi connectivity index (χ1n) is 5.69. The third kappa shape index (κ3) is 2.03. The molecule has 0 aliphatic heterocycles. The van der Waals surface area contributed by atoms with Crippen LogP contribution in [-0.2, 0) is 0 Å². The lowest BCUT2D eigenvalue weighted by molar-refractivity contribution is 0.630. The Morgan fingerprint density at radius 1 is 1.16 bits per heavy atom. The molecule has 0 saturated heterocycles. The lowest BCUT2D eigenvalue weighted by atomic mass is 9.95. The highest BCUT2D eigenvalue weighted by Crippen LogP contribution is 2.18. The molecular formula is C14H8BFN2O. The summed E-state index contributed by atoms with van der Waals surface area (Å²) >= 11 is 0. The number of H-pyrrole nitrogens is 1. The van der Waals surface area contributed by atoms with Crippen molar-refractivity contribution in [1.29, 1.82) is 0 Å².